The Morgan fingerprint density at radius 1 is 1.21 bits per heavy atom. The van der Waals surface area contributed by atoms with Gasteiger partial charge in [0, 0.05) is 10.4 Å². The topological polar surface area (TPSA) is 13.1 Å². The molecule has 1 aromatic carbocycles. The van der Waals surface area contributed by atoms with Gasteiger partial charge in [-0.3, -0.25) is 0 Å². The molecule has 1 nitrogen and oxygen atoms in total. The summed E-state index contributed by atoms with van der Waals surface area (Å²) in [5.74, 6) is 0. The monoisotopic (exact) mass is 220 g/mol. The van der Waals surface area contributed by atoms with Crippen LogP contribution in [0.5, 0.6) is 0 Å². The van der Waals surface area contributed by atoms with E-state index in [4.69, 9.17) is 16.0 Å². The Hall–Kier alpha value is -1.16. The van der Waals surface area contributed by atoms with Crippen molar-refractivity contribution in [2.24, 2.45) is 0 Å². The van der Waals surface area contributed by atoms with Gasteiger partial charge in [0.2, 0.25) is 0 Å². The van der Waals surface area contributed by atoms with Gasteiger partial charge in [-0.15, -0.1) is 0 Å². The molecular weight excluding hydrogens is 217 g/mol. The van der Waals surface area contributed by atoms with Gasteiger partial charge in [-0.05, 0) is 18.2 Å². The molecule has 0 spiro atoms. The van der Waals surface area contributed by atoms with Crippen LogP contribution < -0.4 is 0 Å². The van der Waals surface area contributed by atoms with Crippen molar-refractivity contribution < 1.29 is 17.6 Å². The zero-order valence-electron chi connectivity index (χ0n) is 6.73. The minimum atomic E-state index is -4.44. The zero-order chi connectivity index (χ0) is 10.3. The van der Waals surface area contributed by atoms with Crippen LogP contribution in [0.4, 0.5) is 13.2 Å². The second-order valence-electron chi connectivity index (χ2n) is 2.79. The molecule has 0 N–H and O–H groups in total. The first-order chi connectivity index (χ1) is 6.48. The van der Waals surface area contributed by atoms with E-state index in [0.29, 0.717) is 5.39 Å². The fraction of sp³-hybridized carbons (Fsp3) is 0.111. The third-order valence-corrected chi connectivity index (χ3v) is 2.04. The van der Waals surface area contributed by atoms with Crippen LogP contribution in [0.25, 0.3) is 11.0 Å². The van der Waals surface area contributed by atoms with Crippen molar-refractivity contribution in [2.45, 2.75) is 6.18 Å². The molecule has 2 rings (SSSR count). The highest BCUT2D eigenvalue weighted by Gasteiger charge is 2.34. The van der Waals surface area contributed by atoms with Gasteiger partial charge in [0.15, 0.2) is 0 Å². The molecule has 0 amide bonds. The fourth-order valence-electron chi connectivity index (χ4n) is 1.26. The summed E-state index contributed by atoms with van der Waals surface area (Å²) in [5, 5.41) is 0.399. The predicted molar refractivity (Wildman–Crippen MR) is 46.2 cm³/mol. The lowest BCUT2D eigenvalue weighted by Gasteiger charge is -2.07. The quantitative estimate of drug-likeness (QED) is 0.651. The van der Waals surface area contributed by atoms with E-state index in [0.717, 1.165) is 6.07 Å². The van der Waals surface area contributed by atoms with Gasteiger partial charge in [0.05, 0.1) is 6.26 Å². The first kappa shape index (κ1) is 9.40. The molecule has 0 saturated carbocycles. The average molecular weight is 221 g/mol. The molecule has 1 heterocycles. The molecule has 0 atom stereocenters. The average Bonchev–Trinajstić information content (AvgIpc) is 2.47. The van der Waals surface area contributed by atoms with Crippen molar-refractivity contribution in [2.75, 3.05) is 0 Å². The highest BCUT2D eigenvalue weighted by Crippen LogP contribution is 2.37. The first-order valence-electron chi connectivity index (χ1n) is 3.72. The highest BCUT2D eigenvalue weighted by molar-refractivity contribution is 6.31. The molecule has 1 aromatic heterocycles. The summed E-state index contributed by atoms with van der Waals surface area (Å²) in [6.45, 7) is 0. The smallest absolute Gasteiger partial charge is 0.420 e. The summed E-state index contributed by atoms with van der Waals surface area (Å²) in [6.07, 6.45) is -3.24. The molecule has 0 saturated heterocycles. The molecule has 2 aromatic rings. The zero-order valence-corrected chi connectivity index (χ0v) is 7.49. The molecule has 14 heavy (non-hydrogen) atoms. The summed E-state index contributed by atoms with van der Waals surface area (Å²) in [4.78, 5) is 0. The Balaban J connectivity index is 2.80. The highest BCUT2D eigenvalue weighted by atomic mass is 35.5. The van der Waals surface area contributed by atoms with Crippen LogP contribution in [0.2, 0.25) is 5.02 Å². The summed E-state index contributed by atoms with van der Waals surface area (Å²) < 4.78 is 42.1. The molecule has 0 bridgehead atoms. The van der Waals surface area contributed by atoms with E-state index in [-0.39, 0.29) is 10.6 Å². The second-order valence-corrected chi connectivity index (χ2v) is 3.23. The standard InChI is InChI=1S/C9H4ClF3O/c10-6-3-5-1-2-14-8(5)7(4-6)9(11,12)13/h1-4H. The van der Waals surface area contributed by atoms with Crippen molar-refractivity contribution in [3.63, 3.8) is 0 Å². The van der Waals surface area contributed by atoms with Gasteiger partial charge >= 0.3 is 6.18 Å². The van der Waals surface area contributed by atoms with Crippen molar-refractivity contribution in [3.05, 3.63) is 35.0 Å². The third kappa shape index (κ3) is 1.46. The molecule has 0 radical (unpaired) electrons. The number of hydrogen-bond donors (Lipinski definition) is 0. The maximum atomic E-state index is 12.5. The molecule has 0 aliphatic rings. The number of halogens is 4. The van der Waals surface area contributed by atoms with Gasteiger partial charge in [0.25, 0.3) is 0 Å². The number of alkyl halides is 3. The van der Waals surface area contributed by atoms with Crippen LogP contribution in [0.15, 0.2) is 28.9 Å². The second kappa shape index (κ2) is 2.92. The van der Waals surface area contributed by atoms with Gasteiger partial charge < -0.3 is 4.42 Å². The minimum absolute atomic E-state index is 0.0474. The van der Waals surface area contributed by atoms with Crippen molar-refractivity contribution >= 4 is 22.6 Å². The molecular formula is C9H4ClF3O. The van der Waals surface area contributed by atoms with Gasteiger partial charge in [-0.1, -0.05) is 11.6 Å². The number of benzene rings is 1. The molecule has 0 unspecified atom stereocenters. The number of fused-ring (bicyclic) bond motifs is 1. The summed E-state index contributed by atoms with van der Waals surface area (Å²) >= 11 is 5.55. The third-order valence-electron chi connectivity index (χ3n) is 1.82. The van der Waals surface area contributed by atoms with E-state index in [9.17, 15) is 13.2 Å². The number of furan rings is 1. The Morgan fingerprint density at radius 2 is 1.93 bits per heavy atom. The van der Waals surface area contributed by atoms with E-state index >= 15 is 0 Å². The van der Waals surface area contributed by atoms with Gasteiger partial charge in [-0.2, -0.15) is 13.2 Å². The molecule has 5 heteroatoms. The van der Waals surface area contributed by atoms with E-state index in [1.54, 1.807) is 0 Å². The van der Waals surface area contributed by atoms with Gasteiger partial charge in [-0.25, -0.2) is 0 Å². The van der Waals surface area contributed by atoms with Crippen LogP contribution >= 0.6 is 11.6 Å². The maximum absolute atomic E-state index is 12.5. The van der Waals surface area contributed by atoms with Crippen LogP contribution in [0, 0.1) is 0 Å². The van der Waals surface area contributed by atoms with Crippen molar-refractivity contribution in [1.82, 2.24) is 0 Å². The number of hydrogen-bond acceptors (Lipinski definition) is 1. The number of rotatable bonds is 0. The van der Waals surface area contributed by atoms with Crippen LogP contribution in [0.1, 0.15) is 5.56 Å². The summed E-state index contributed by atoms with van der Waals surface area (Å²) in [6, 6.07) is 3.72. The Labute approximate surface area is 82.1 Å². The van der Waals surface area contributed by atoms with Crippen LogP contribution in [-0.4, -0.2) is 0 Å². The van der Waals surface area contributed by atoms with E-state index < -0.39 is 11.7 Å². The summed E-state index contributed by atoms with van der Waals surface area (Å²) in [5.41, 5.74) is -1.02. The molecule has 74 valence electrons. The molecule has 0 aliphatic carbocycles. The lowest BCUT2D eigenvalue weighted by Crippen LogP contribution is -2.04. The Kier molecular flexibility index (Phi) is 1.96. The van der Waals surface area contributed by atoms with E-state index in [2.05, 4.69) is 0 Å². The lowest BCUT2D eigenvalue weighted by atomic mass is 10.1. The minimum Gasteiger partial charge on any atom is -0.464 e. The SMILES string of the molecule is FC(F)(F)c1cc(Cl)cc2ccoc12. The van der Waals surface area contributed by atoms with E-state index in [1.807, 2.05) is 0 Å². The predicted octanol–water partition coefficient (Wildman–Crippen LogP) is 4.11. The fourth-order valence-corrected chi connectivity index (χ4v) is 1.48. The lowest BCUT2D eigenvalue weighted by molar-refractivity contribution is -0.136. The molecule has 0 aliphatic heterocycles. The van der Waals surface area contributed by atoms with Crippen molar-refractivity contribution in [3.8, 4) is 0 Å². The first-order valence-corrected chi connectivity index (χ1v) is 4.10. The molecule has 0 fully saturated rings. The largest absolute Gasteiger partial charge is 0.464 e. The van der Waals surface area contributed by atoms with Gasteiger partial charge in [0.1, 0.15) is 11.1 Å². The Morgan fingerprint density at radius 3 is 2.57 bits per heavy atom. The van der Waals surface area contributed by atoms with Crippen LogP contribution in [0.3, 0.4) is 0 Å². The normalized spacial score (nSPS) is 12.3. The summed E-state index contributed by atoms with van der Waals surface area (Å²) in [7, 11) is 0. The van der Waals surface area contributed by atoms with Crippen molar-refractivity contribution in [1.29, 1.82) is 0 Å². The Bertz CT molecular complexity index is 472. The van der Waals surface area contributed by atoms with Crippen LogP contribution in [-0.2, 0) is 6.18 Å². The van der Waals surface area contributed by atoms with E-state index in [1.165, 1.54) is 18.4 Å². The maximum Gasteiger partial charge on any atom is 0.420 e.